The van der Waals surface area contributed by atoms with Crippen LogP contribution in [-0.2, 0) is 4.79 Å². The van der Waals surface area contributed by atoms with Crippen molar-refractivity contribution in [1.82, 2.24) is 9.97 Å². The molecule has 0 saturated heterocycles. The summed E-state index contributed by atoms with van der Waals surface area (Å²) in [6.45, 7) is 4.54. The standard InChI is InChI=1S/C16H21N5O/c1-3-4-9-17-15-10-16(19-11-18-15)21-14-7-5-13(6-8-14)20-12(2)22/h5-8,10-11H,3-4,9H2,1-2H3,(H,20,22)(H2,17,18,19,21). The van der Waals surface area contributed by atoms with Gasteiger partial charge in [-0.2, -0.15) is 0 Å². The van der Waals surface area contributed by atoms with Crippen molar-refractivity contribution in [2.45, 2.75) is 26.7 Å². The predicted molar refractivity (Wildman–Crippen MR) is 89.5 cm³/mol. The quantitative estimate of drug-likeness (QED) is 0.683. The molecule has 116 valence electrons. The molecule has 0 aliphatic carbocycles. The Bertz CT molecular complexity index is 612. The zero-order valence-electron chi connectivity index (χ0n) is 12.9. The molecule has 0 fully saturated rings. The number of nitrogens with one attached hydrogen (secondary N) is 3. The number of hydrogen-bond donors (Lipinski definition) is 3. The van der Waals surface area contributed by atoms with Gasteiger partial charge in [0.1, 0.15) is 18.0 Å². The maximum absolute atomic E-state index is 11.0. The Morgan fingerprint density at radius 2 is 1.77 bits per heavy atom. The minimum absolute atomic E-state index is 0.0840. The van der Waals surface area contributed by atoms with Crippen LogP contribution in [0.5, 0.6) is 0 Å². The molecule has 1 aromatic heterocycles. The van der Waals surface area contributed by atoms with E-state index in [1.807, 2.05) is 30.3 Å². The number of carbonyl (C=O) groups is 1. The lowest BCUT2D eigenvalue weighted by Gasteiger charge is -2.09. The zero-order chi connectivity index (χ0) is 15.8. The molecule has 0 atom stereocenters. The number of hydrogen-bond acceptors (Lipinski definition) is 5. The number of aromatic nitrogens is 2. The van der Waals surface area contributed by atoms with Crippen LogP contribution < -0.4 is 16.0 Å². The molecular formula is C16H21N5O. The fraction of sp³-hybridized carbons (Fsp3) is 0.312. The summed E-state index contributed by atoms with van der Waals surface area (Å²) in [4.78, 5) is 19.4. The normalized spacial score (nSPS) is 10.1. The second kappa shape index (κ2) is 7.97. The van der Waals surface area contributed by atoms with Crippen molar-refractivity contribution in [3.63, 3.8) is 0 Å². The van der Waals surface area contributed by atoms with E-state index < -0.39 is 0 Å². The molecule has 1 aromatic carbocycles. The van der Waals surface area contributed by atoms with E-state index in [-0.39, 0.29) is 5.91 Å². The van der Waals surface area contributed by atoms with Gasteiger partial charge in [0, 0.05) is 30.9 Å². The molecule has 2 aromatic rings. The van der Waals surface area contributed by atoms with Gasteiger partial charge in [-0.15, -0.1) is 0 Å². The largest absolute Gasteiger partial charge is 0.370 e. The summed E-state index contributed by atoms with van der Waals surface area (Å²) >= 11 is 0. The van der Waals surface area contributed by atoms with Crippen molar-refractivity contribution in [1.29, 1.82) is 0 Å². The van der Waals surface area contributed by atoms with Crippen LogP contribution in [0.1, 0.15) is 26.7 Å². The highest BCUT2D eigenvalue weighted by atomic mass is 16.1. The molecular weight excluding hydrogens is 278 g/mol. The number of amides is 1. The molecule has 0 aliphatic heterocycles. The topological polar surface area (TPSA) is 78.9 Å². The molecule has 0 unspecified atom stereocenters. The van der Waals surface area contributed by atoms with Crippen LogP contribution in [0.25, 0.3) is 0 Å². The third-order valence-electron chi connectivity index (χ3n) is 2.98. The molecule has 6 heteroatoms. The van der Waals surface area contributed by atoms with Gasteiger partial charge in [0.05, 0.1) is 0 Å². The van der Waals surface area contributed by atoms with Gasteiger partial charge in [-0.1, -0.05) is 13.3 Å². The summed E-state index contributed by atoms with van der Waals surface area (Å²) in [6, 6.07) is 9.32. The van der Waals surface area contributed by atoms with Crippen LogP contribution in [0.15, 0.2) is 36.7 Å². The van der Waals surface area contributed by atoms with E-state index in [1.54, 1.807) is 0 Å². The monoisotopic (exact) mass is 299 g/mol. The fourth-order valence-corrected chi connectivity index (χ4v) is 1.90. The molecule has 22 heavy (non-hydrogen) atoms. The highest BCUT2D eigenvalue weighted by Crippen LogP contribution is 2.18. The van der Waals surface area contributed by atoms with Crippen LogP contribution in [0.4, 0.5) is 23.0 Å². The Labute approximate surface area is 130 Å². The Kier molecular flexibility index (Phi) is 5.71. The third-order valence-corrected chi connectivity index (χ3v) is 2.98. The van der Waals surface area contributed by atoms with Crippen molar-refractivity contribution < 1.29 is 4.79 Å². The molecule has 3 N–H and O–H groups in total. The molecule has 0 saturated carbocycles. The highest BCUT2D eigenvalue weighted by Gasteiger charge is 2.00. The third kappa shape index (κ3) is 5.05. The van der Waals surface area contributed by atoms with Crippen molar-refractivity contribution >= 4 is 28.9 Å². The lowest BCUT2D eigenvalue weighted by molar-refractivity contribution is -0.114. The Balaban J connectivity index is 1.97. The lowest BCUT2D eigenvalue weighted by atomic mass is 10.2. The van der Waals surface area contributed by atoms with Crippen molar-refractivity contribution in [2.75, 3.05) is 22.5 Å². The van der Waals surface area contributed by atoms with E-state index in [4.69, 9.17) is 0 Å². The number of anilines is 4. The summed E-state index contributed by atoms with van der Waals surface area (Å²) in [7, 11) is 0. The van der Waals surface area contributed by atoms with E-state index in [0.717, 1.165) is 42.4 Å². The summed E-state index contributed by atoms with van der Waals surface area (Å²) in [6.07, 6.45) is 3.78. The summed E-state index contributed by atoms with van der Waals surface area (Å²) in [5.41, 5.74) is 1.66. The second-order valence-corrected chi connectivity index (χ2v) is 4.95. The van der Waals surface area contributed by atoms with Gasteiger partial charge < -0.3 is 16.0 Å². The smallest absolute Gasteiger partial charge is 0.221 e. The van der Waals surface area contributed by atoms with E-state index in [0.29, 0.717) is 0 Å². The van der Waals surface area contributed by atoms with Gasteiger partial charge in [-0.05, 0) is 30.7 Å². The van der Waals surface area contributed by atoms with Crippen LogP contribution >= 0.6 is 0 Å². The van der Waals surface area contributed by atoms with E-state index >= 15 is 0 Å². The van der Waals surface area contributed by atoms with Gasteiger partial charge in [0.2, 0.25) is 5.91 Å². The Morgan fingerprint density at radius 3 is 2.45 bits per heavy atom. The van der Waals surface area contributed by atoms with E-state index in [9.17, 15) is 4.79 Å². The van der Waals surface area contributed by atoms with Crippen molar-refractivity contribution in [3.05, 3.63) is 36.7 Å². The summed E-state index contributed by atoms with van der Waals surface area (Å²) in [5.74, 6) is 1.45. The SMILES string of the molecule is CCCCNc1cc(Nc2ccc(NC(C)=O)cc2)ncn1. The molecule has 0 radical (unpaired) electrons. The van der Waals surface area contributed by atoms with Gasteiger partial charge in [0.25, 0.3) is 0 Å². The fourth-order valence-electron chi connectivity index (χ4n) is 1.90. The van der Waals surface area contributed by atoms with Crippen molar-refractivity contribution in [2.24, 2.45) is 0 Å². The lowest BCUT2D eigenvalue weighted by Crippen LogP contribution is -2.05. The van der Waals surface area contributed by atoms with Crippen LogP contribution in [-0.4, -0.2) is 22.4 Å². The first-order chi connectivity index (χ1) is 10.7. The van der Waals surface area contributed by atoms with Gasteiger partial charge in [0.15, 0.2) is 0 Å². The first-order valence-electron chi connectivity index (χ1n) is 7.38. The molecule has 1 amide bonds. The second-order valence-electron chi connectivity index (χ2n) is 4.95. The molecule has 2 rings (SSSR count). The van der Waals surface area contributed by atoms with Crippen molar-refractivity contribution in [3.8, 4) is 0 Å². The van der Waals surface area contributed by atoms with E-state index in [1.165, 1.54) is 13.3 Å². The average molecular weight is 299 g/mol. The predicted octanol–water partition coefficient (Wildman–Crippen LogP) is 3.39. The van der Waals surface area contributed by atoms with Gasteiger partial charge in [-0.25, -0.2) is 9.97 Å². The number of benzene rings is 1. The minimum atomic E-state index is -0.0840. The van der Waals surface area contributed by atoms with Crippen LogP contribution in [0.2, 0.25) is 0 Å². The molecule has 0 spiro atoms. The molecule has 1 heterocycles. The summed E-state index contributed by atoms with van der Waals surface area (Å²) < 4.78 is 0. The summed E-state index contributed by atoms with van der Waals surface area (Å²) in [5, 5.41) is 9.21. The minimum Gasteiger partial charge on any atom is -0.370 e. The van der Waals surface area contributed by atoms with Crippen LogP contribution in [0.3, 0.4) is 0 Å². The van der Waals surface area contributed by atoms with E-state index in [2.05, 4.69) is 32.8 Å². The number of nitrogens with zero attached hydrogens (tertiary/aromatic N) is 2. The van der Waals surface area contributed by atoms with Gasteiger partial charge in [-0.3, -0.25) is 4.79 Å². The Hall–Kier alpha value is -2.63. The first-order valence-corrected chi connectivity index (χ1v) is 7.38. The number of rotatable bonds is 7. The highest BCUT2D eigenvalue weighted by molar-refractivity contribution is 5.88. The maximum atomic E-state index is 11.0. The van der Waals surface area contributed by atoms with Crippen LogP contribution in [0, 0.1) is 0 Å². The zero-order valence-corrected chi connectivity index (χ0v) is 12.9. The first kappa shape index (κ1) is 15.8. The molecule has 0 aliphatic rings. The van der Waals surface area contributed by atoms with Gasteiger partial charge >= 0.3 is 0 Å². The average Bonchev–Trinajstić information content (AvgIpc) is 2.49. The Morgan fingerprint density at radius 1 is 1.09 bits per heavy atom. The molecule has 6 nitrogen and oxygen atoms in total. The molecule has 0 bridgehead atoms. The number of unbranched alkanes of at least 4 members (excludes halogenated alkanes) is 1. The number of carbonyl (C=O) groups excluding carboxylic acids is 1. The maximum Gasteiger partial charge on any atom is 0.221 e.